The number of nitrogens with one attached hydrogen (secondary N) is 2. The van der Waals surface area contributed by atoms with Crippen LogP contribution in [0.3, 0.4) is 0 Å². The highest BCUT2D eigenvalue weighted by molar-refractivity contribution is 6.04. The first-order valence-corrected chi connectivity index (χ1v) is 5.78. The Bertz CT molecular complexity index is 641. The molecule has 0 atom stereocenters. The lowest BCUT2D eigenvalue weighted by molar-refractivity contribution is 0.102. The Hall–Kier alpha value is -2.89. The maximum Gasteiger partial charge on any atom is 0.316 e. The van der Waals surface area contributed by atoms with E-state index in [-0.39, 0.29) is 5.56 Å². The van der Waals surface area contributed by atoms with Crippen molar-refractivity contribution in [3.63, 3.8) is 0 Å². The Labute approximate surface area is 114 Å². The number of nitrogens with two attached hydrogens (primary N) is 1. The Morgan fingerprint density at radius 1 is 0.900 bits per heavy atom. The van der Waals surface area contributed by atoms with Crippen LogP contribution in [0.25, 0.3) is 0 Å². The van der Waals surface area contributed by atoms with Gasteiger partial charge < -0.3 is 16.4 Å². The van der Waals surface area contributed by atoms with E-state index >= 15 is 0 Å². The number of urea groups is 1. The van der Waals surface area contributed by atoms with Gasteiger partial charge in [-0.1, -0.05) is 12.1 Å². The molecule has 2 aromatic rings. The third-order valence-electron chi connectivity index (χ3n) is 2.53. The summed E-state index contributed by atoms with van der Waals surface area (Å²) < 4.78 is 13.4. The van der Waals surface area contributed by atoms with Gasteiger partial charge in [0.05, 0.1) is 5.56 Å². The van der Waals surface area contributed by atoms with E-state index in [2.05, 4.69) is 10.6 Å². The van der Waals surface area contributed by atoms with Crippen LogP contribution in [0, 0.1) is 5.82 Å². The quantitative estimate of drug-likeness (QED) is 0.803. The zero-order valence-corrected chi connectivity index (χ0v) is 10.4. The van der Waals surface area contributed by atoms with Crippen LogP contribution in [0.5, 0.6) is 0 Å². The molecule has 0 heterocycles. The lowest BCUT2D eigenvalue weighted by Gasteiger charge is -2.07. The first kappa shape index (κ1) is 13.5. The van der Waals surface area contributed by atoms with Crippen molar-refractivity contribution in [2.45, 2.75) is 0 Å². The summed E-state index contributed by atoms with van der Waals surface area (Å²) in [6.45, 7) is 0. The molecule has 6 heteroatoms. The summed E-state index contributed by atoms with van der Waals surface area (Å²) in [7, 11) is 0. The van der Waals surface area contributed by atoms with E-state index < -0.39 is 17.8 Å². The van der Waals surface area contributed by atoms with Gasteiger partial charge in [0, 0.05) is 11.4 Å². The van der Waals surface area contributed by atoms with Gasteiger partial charge >= 0.3 is 6.03 Å². The van der Waals surface area contributed by atoms with Crippen molar-refractivity contribution >= 4 is 23.3 Å². The number of carbonyl (C=O) groups is 2. The molecule has 0 saturated heterocycles. The molecule has 0 spiro atoms. The van der Waals surface area contributed by atoms with Crippen LogP contribution in [-0.4, -0.2) is 11.9 Å². The predicted octanol–water partition coefficient (Wildman–Crippen LogP) is 2.57. The minimum atomic E-state index is -0.673. The molecular weight excluding hydrogens is 261 g/mol. The number of amides is 3. The molecule has 20 heavy (non-hydrogen) atoms. The number of primary amides is 1. The van der Waals surface area contributed by atoms with E-state index in [4.69, 9.17) is 5.73 Å². The van der Waals surface area contributed by atoms with Crippen molar-refractivity contribution < 1.29 is 14.0 Å². The van der Waals surface area contributed by atoms with E-state index in [1.54, 1.807) is 30.3 Å². The maximum absolute atomic E-state index is 13.4. The molecule has 4 N–H and O–H groups in total. The smallest absolute Gasteiger partial charge is 0.316 e. The molecule has 0 fully saturated rings. The highest BCUT2D eigenvalue weighted by Crippen LogP contribution is 2.15. The molecular formula is C14H12FN3O2. The van der Waals surface area contributed by atoms with Gasteiger partial charge in [-0.25, -0.2) is 9.18 Å². The summed E-state index contributed by atoms with van der Waals surface area (Å²) in [5, 5.41) is 4.95. The molecule has 0 aliphatic rings. The summed E-state index contributed by atoms with van der Waals surface area (Å²) in [4.78, 5) is 22.5. The molecule has 3 amide bonds. The van der Waals surface area contributed by atoms with E-state index in [1.807, 2.05) is 0 Å². The topological polar surface area (TPSA) is 84.2 Å². The van der Waals surface area contributed by atoms with Gasteiger partial charge in [0.2, 0.25) is 0 Å². The highest BCUT2D eigenvalue weighted by Gasteiger charge is 2.10. The number of hydrogen-bond acceptors (Lipinski definition) is 2. The van der Waals surface area contributed by atoms with E-state index in [9.17, 15) is 14.0 Å². The first-order valence-electron chi connectivity index (χ1n) is 5.78. The number of anilines is 2. The average molecular weight is 273 g/mol. The van der Waals surface area contributed by atoms with Crippen LogP contribution in [0.2, 0.25) is 0 Å². The van der Waals surface area contributed by atoms with Crippen LogP contribution in [0.4, 0.5) is 20.6 Å². The van der Waals surface area contributed by atoms with Crippen molar-refractivity contribution in [1.29, 1.82) is 0 Å². The summed E-state index contributed by atoms with van der Waals surface area (Å²) in [5.74, 6) is -1.13. The van der Waals surface area contributed by atoms with Crippen LogP contribution in [-0.2, 0) is 0 Å². The fraction of sp³-hybridized carbons (Fsp3) is 0. The molecule has 5 nitrogen and oxygen atoms in total. The molecule has 0 saturated carbocycles. The summed E-state index contributed by atoms with van der Waals surface area (Å²) in [6, 6.07) is 11.3. The zero-order valence-electron chi connectivity index (χ0n) is 10.4. The maximum atomic E-state index is 13.4. The van der Waals surface area contributed by atoms with Crippen molar-refractivity contribution in [2.75, 3.05) is 10.6 Å². The van der Waals surface area contributed by atoms with Gasteiger partial charge in [0.25, 0.3) is 5.91 Å². The SMILES string of the molecule is NC(=O)Nc1ccc(NC(=O)c2ccccc2F)cc1. The standard InChI is InChI=1S/C14H12FN3O2/c15-12-4-2-1-3-11(12)13(19)17-9-5-7-10(8-6-9)18-14(16)20/h1-8H,(H,17,19)(H3,16,18,20). The van der Waals surface area contributed by atoms with Crippen LogP contribution >= 0.6 is 0 Å². The third-order valence-corrected chi connectivity index (χ3v) is 2.53. The second kappa shape index (κ2) is 5.83. The van der Waals surface area contributed by atoms with Crippen LogP contribution in [0.15, 0.2) is 48.5 Å². The number of carbonyl (C=O) groups excluding carboxylic acids is 2. The van der Waals surface area contributed by atoms with Gasteiger partial charge in [0.1, 0.15) is 5.82 Å². The first-order chi connectivity index (χ1) is 9.56. The normalized spacial score (nSPS) is 9.85. The molecule has 0 aromatic heterocycles. The predicted molar refractivity (Wildman–Crippen MR) is 74.0 cm³/mol. The van der Waals surface area contributed by atoms with Gasteiger partial charge in [-0.05, 0) is 36.4 Å². The highest BCUT2D eigenvalue weighted by atomic mass is 19.1. The number of benzene rings is 2. The van der Waals surface area contributed by atoms with Crippen LogP contribution in [0.1, 0.15) is 10.4 Å². The van der Waals surface area contributed by atoms with Crippen molar-refractivity contribution in [3.8, 4) is 0 Å². The fourth-order valence-corrected chi connectivity index (χ4v) is 1.62. The fourth-order valence-electron chi connectivity index (χ4n) is 1.62. The average Bonchev–Trinajstić information content (AvgIpc) is 2.41. The summed E-state index contributed by atoms with van der Waals surface area (Å²) in [6.07, 6.45) is 0. The largest absolute Gasteiger partial charge is 0.351 e. The van der Waals surface area contributed by atoms with Crippen molar-refractivity contribution in [3.05, 3.63) is 59.9 Å². The second-order valence-corrected chi connectivity index (χ2v) is 4.00. The monoisotopic (exact) mass is 273 g/mol. The lowest BCUT2D eigenvalue weighted by atomic mass is 10.2. The number of hydrogen-bond donors (Lipinski definition) is 3. The summed E-state index contributed by atoms with van der Waals surface area (Å²) >= 11 is 0. The lowest BCUT2D eigenvalue weighted by Crippen LogP contribution is -2.19. The number of halogens is 1. The van der Waals surface area contributed by atoms with Crippen LogP contribution < -0.4 is 16.4 Å². The van der Waals surface area contributed by atoms with Gasteiger partial charge in [-0.3, -0.25) is 4.79 Å². The molecule has 2 rings (SSSR count). The molecule has 0 radical (unpaired) electrons. The Balaban J connectivity index is 2.09. The molecule has 2 aromatic carbocycles. The molecule has 0 aliphatic carbocycles. The minimum absolute atomic E-state index is 0.0353. The van der Waals surface area contributed by atoms with E-state index in [0.717, 1.165) is 0 Å². The van der Waals surface area contributed by atoms with Gasteiger partial charge in [-0.15, -0.1) is 0 Å². The van der Waals surface area contributed by atoms with Gasteiger partial charge in [0.15, 0.2) is 0 Å². The Morgan fingerprint density at radius 3 is 2.00 bits per heavy atom. The van der Waals surface area contributed by atoms with Crippen molar-refractivity contribution in [2.24, 2.45) is 5.73 Å². The molecule has 0 aliphatic heterocycles. The molecule has 0 unspecified atom stereocenters. The van der Waals surface area contributed by atoms with Crippen molar-refractivity contribution in [1.82, 2.24) is 0 Å². The second-order valence-electron chi connectivity index (χ2n) is 4.00. The Morgan fingerprint density at radius 2 is 1.45 bits per heavy atom. The molecule has 102 valence electrons. The van der Waals surface area contributed by atoms with Gasteiger partial charge in [-0.2, -0.15) is 0 Å². The minimum Gasteiger partial charge on any atom is -0.351 e. The molecule has 0 bridgehead atoms. The van der Waals surface area contributed by atoms with E-state index in [1.165, 1.54) is 18.2 Å². The summed E-state index contributed by atoms with van der Waals surface area (Å²) in [5.41, 5.74) is 5.92. The Kier molecular flexibility index (Phi) is 3.95. The zero-order chi connectivity index (χ0) is 14.5. The number of rotatable bonds is 3. The third kappa shape index (κ3) is 3.32. The van der Waals surface area contributed by atoms with E-state index in [0.29, 0.717) is 11.4 Å².